The third-order valence-electron chi connectivity index (χ3n) is 2.59. The predicted molar refractivity (Wildman–Crippen MR) is 72.5 cm³/mol. The first-order chi connectivity index (χ1) is 8.09. The third-order valence-corrected chi connectivity index (χ3v) is 2.59. The molecule has 0 unspecified atom stereocenters. The van der Waals surface area contributed by atoms with Gasteiger partial charge in [-0.15, -0.1) is 0 Å². The molecule has 2 aromatic rings. The van der Waals surface area contributed by atoms with E-state index in [1.165, 1.54) is 0 Å². The Balaban J connectivity index is 0.000000686. The molecular weight excluding hydrogens is 212 g/mol. The van der Waals surface area contributed by atoms with Crippen LogP contribution in [-0.2, 0) is 0 Å². The van der Waals surface area contributed by atoms with Crippen LogP contribution in [0.15, 0.2) is 23.1 Å². The van der Waals surface area contributed by atoms with Crippen LogP contribution in [0.3, 0.4) is 0 Å². The van der Waals surface area contributed by atoms with Gasteiger partial charge in [0.2, 0.25) is 0 Å². The van der Waals surface area contributed by atoms with Gasteiger partial charge in [-0.25, -0.2) is 0 Å². The molecule has 0 aliphatic heterocycles. The van der Waals surface area contributed by atoms with Crippen molar-refractivity contribution in [3.8, 4) is 0 Å². The van der Waals surface area contributed by atoms with E-state index >= 15 is 0 Å². The number of hydrogen-bond donors (Lipinski definition) is 1. The van der Waals surface area contributed by atoms with Gasteiger partial charge in [-0.3, -0.25) is 9.78 Å². The highest BCUT2D eigenvalue weighted by Crippen LogP contribution is 2.16. The van der Waals surface area contributed by atoms with E-state index in [1.807, 2.05) is 46.8 Å². The summed E-state index contributed by atoms with van der Waals surface area (Å²) in [7, 11) is 0. The zero-order valence-corrected chi connectivity index (χ0v) is 11.2. The van der Waals surface area contributed by atoms with E-state index in [9.17, 15) is 4.79 Å². The van der Waals surface area contributed by atoms with Gasteiger partial charge < -0.3 is 4.98 Å². The second-order valence-electron chi connectivity index (χ2n) is 4.10. The van der Waals surface area contributed by atoms with Crippen molar-refractivity contribution in [3.63, 3.8) is 0 Å². The van der Waals surface area contributed by atoms with Crippen molar-refractivity contribution in [3.05, 3.63) is 39.9 Å². The predicted octanol–water partition coefficient (Wildman–Crippen LogP) is 3.38. The molecule has 0 amide bonds. The topological polar surface area (TPSA) is 45.8 Å². The molecule has 0 atom stereocenters. The highest BCUT2D eigenvalue weighted by atomic mass is 16.1. The minimum Gasteiger partial charge on any atom is -0.325 e. The maximum absolute atomic E-state index is 11.8. The molecule has 92 valence electrons. The Morgan fingerprint density at radius 2 is 1.94 bits per heavy atom. The number of H-pyrrole nitrogens is 1. The molecule has 0 aliphatic carbocycles. The lowest BCUT2D eigenvalue weighted by Crippen LogP contribution is -2.11. The molecule has 3 heteroatoms. The third kappa shape index (κ3) is 2.73. The minimum absolute atomic E-state index is 0.0400. The van der Waals surface area contributed by atoms with Gasteiger partial charge in [-0.2, -0.15) is 0 Å². The summed E-state index contributed by atoms with van der Waals surface area (Å²) in [4.78, 5) is 19.0. The summed E-state index contributed by atoms with van der Waals surface area (Å²) < 4.78 is 0. The molecule has 0 aromatic carbocycles. The maximum Gasteiger partial charge on any atom is 0.257 e. The fourth-order valence-corrected chi connectivity index (χ4v) is 1.67. The molecule has 3 nitrogen and oxygen atoms in total. The van der Waals surface area contributed by atoms with Crippen molar-refractivity contribution in [2.45, 2.75) is 40.5 Å². The largest absolute Gasteiger partial charge is 0.325 e. The average Bonchev–Trinajstić information content (AvgIpc) is 2.31. The molecule has 2 aromatic heterocycles. The number of nitrogens with one attached hydrogen (secondary N) is 1. The Bertz CT molecular complexity index is 556. The van der Waals surface area contributed by atoms with Gasteiger partial charge in [0.15, 0.2) is 0 Å². The van der Waals surface area contributed by atoms with Crippen molar-refractivity contribution in [2.24, 2.45) is 0 Å². The van der Waals surface area contributed by atoms with Crippen molar-refractivity contribution in [1.82, 2.24) is 9.97 Å². The lowest BCUT2D eigenvalue weighted by molar-refractivity contribution is 0.819. The van der Waals surface area contributed by atoms with Crippen LogP contribution < -0.4 is 5.56 Å². The number of aromatic nitrogens is 2. The van der Waals surface area contributed by atoms with E-state index in [-0.39, 0.29) is 5.56 Å². The number of pyridine rings is 2. The van der Waals surface area contributed by atoms with Crippen LogP contribution in [0.25, 0.3) is 10.9 Å². The van der Waals surface area contributed by atoms with Gasteiger partial charge in [0.1, 0.15) is 0 Å². The molecule has 0 fully saturated rings. The van der Waals surface area contributed by atoms with Crippen molar-refractivity contribution >= 4 is 10.9 Å². The Morgan fingerprint density at radius 3 is 2.53 bits per heavy atom. The summed E-state index contributed by atoms with van der Waals surface area (Å²) in [5.41, 5.74) is 2.64. The molecule has 0 saturated carbocycles. The van der Waals surface area contributed by atoms with Gasteiger partial charge in [0.25, 0.3) is 5.56 Å². The lowest BCUT2D eigenvalue weighted by Gasteiger charge is -2.07. The molecule has 0 aliphatic rings. The maximum atomic E-state index is 11.8. The summed E-state index contributed by atoms with van der Waals surface area (Å²) >= 11 is 0. The molecule has 0 saturated heterocycles. The van der Waals surface area contributed by atoms with Crippen LogP contribution in [0.4, 0.5) is 0 Å². The number of fused-ring (bicyclic) bond motifs is 1. The molecule has 0 radical (unpaired) electrons. The molecule has 2 rings (SSSR count). The van der Waals surface area contributed by atoms with E-state index in [0.717, 1.165) is 16.8 Å². The smallest absolute Gasteiger partial charge is 0.257 e. The Hall–Kier alpha value is -1.64. The van der Waals surface area contributed by atoms with Gasteiger partial charge in [-0.05, 0) is 30.5 Å². The van der Waals surface area contributed by atoms with Crippen molar-refractivity contribution < 1.29 is 0 Å². The minimum atomic E-state index is -0.0400. The second-order valence-corrected chi connectivity index (χ2v) is 4.10. The number of rotatable bonds is 1. The van der Waals surface area contributed by atoms with Crippen LogP contribution in [0.5, 0.6) is 0 Å². The van der Waals surface area contributed by atoms with Crippen LogP contribution in [0.1, 0.15) is 44.9 Å². The molecule has 17 heavy (non-hydrogen) atoms. The summed E-state index contributed by atoms with van der Waals surface area (Å²) in [6.07, 6.45) is 1.74. The first-order valence-corrected chi connectivity index (χ1v) is 6.08. The zero-order valence-electron chi connectivity index (χ0n) is 11.2. The van der Waals surface area contributed by atoms with E-state index in [4.69, 9.17) is 0 Å². The second kappa shape index (κ2) is 5.62. The Labute approximate surface area is 102 Å². The number of aromatic amines is 1. The van der Waals surface area contributed by atoms with Crippen molar-refractivity contribution in [2.75, 3.05) is 0 Å². The Kier molecular flexibility index (Phi) is 4.44. The summed E-state index contributed by atoms with van der Waals surface area (Å²) in [6.45, 7) is 10.0. The lowest BCUT2D eigenvalue weighted by atomic mass is 10.1. The average molecular weight is 232 g/mol. The SMILES string of the molecule is CC.Cc1ccnc2cc(C(C)C)[nH]c(=O)c12. The Morgan fingerprint density at radius 1 is 1.29 bits per heavy atom. The molecular formula is C14H20N2O. The number of aryl methyl sites for hydroxylation is 1. The molecule has 2 heterocycles. The zero-order chi connectivity index (χ0) is 13.0. The van der Waals surface area contributed by atoms with E-state index in [0.29, 0.717) is 11.3 Å². The van der Waals surface area contributed by atoms with E-state index in [2.05, 4.69) is 9.97 Å². The van der Waals surface area contributed by atoms with Crippen LogP contribution in [0, 0.1) is 6.92 Å². The van der Waals surface area contributed by atoms with E-state index in [1.54, 1.807) is 6.20 Å². The monoisotopic (exact) mass is 232 g/mol. The number of nitrogens with zero attached hydrogens (tertiary/aromatic N) is 1. The highest BCUT2D eigenvalue weighted by Gasteiger charge is 2.07. The fraction of sp³-hybridized carbons (Fsp3) is 0.429. The van der Waals surface area contributed by atoms with Crippen molar-refractivity contribution in [1.29, 1.82) is 0 Å². The van der Waals surface area contributed by atoms with Crippen LogP contribution >= 0.6 is 0 Å². The first kappa shape index (κ1) is 13.4. The number of hydrogen-bond acceptors (Lipinski definition) is 2. The normalized spacial score (nSPS) is 10.2. The van der Waals surface area contributed by atoms with Gasteiger partial charge in [0.05, 0.1) is 10.9 Å². The summed E-state index contributed by atoms with van der Waals surface area (Å²) in [5.74, 6) is 0.310. The van der Waals surface area contributed by atoms with Gasteiger partial charge in [-0.1, -0.05) is 27.7 Å². The first-order valence-electron chi connectivity index (χ1n) is 6.08. The highest BCUT2D eigenvalue weighted by molar-refractivity contribution is 5.80. The van der Waals surface area contributed by atoms with Gasteiger partial charge >= 0.3 is 0 Å². The van der Waals surface area contributed by atoms with Crippen LogP contribution in [0.2, 0.25) is 0 Å². The molecule has 0 bridgehead atoms. The van der Waals surface area contributed by atoms with Gasteiger partial charge in [0, 0.05) is 11.9 Å². The summed E-state index contributed by atoms with van der Waals surface area (Å²) in [6, 6.07) is 3.81. The van der Waals surface area contributed by atoms with Crippen LogP contribution in [-0.4, -0.2) is 9.97 Å². The summed E-state index contributed by atoms with van der Waals surface area (Å²) in [5, 5.41) is 0.696. The quantitative estimate of drug-likeness (QED) is 0.819. The van der Waals surface area contributed by atoms with E-state index < -0.39 is 0 Å². The fourth-order valence-electron chi connectivity index (χ4n) is 1.67. The standard InChI is InChI=1S/C12H14N2O.C2H6/c1-7(2)9-6-10-11(12(15)14-9)8(3)4-5-13-10;1-2/h4-7H,1-3H3,(H,14,15);1-2H3. The molecule has 0 spiro atoms. The molecule has 1 N–H and O–H groups in total.